The molecule has 0 aromatic heterocycles. The number of benzene rings is 1. The molecule has 0 heterocycles. The Morgan fingerprint density at radius 3 is 3.08 bits per heavy atom. The maximum atomic E-state index is 3.68. The van der Waals surface area contributed by atoms with Gasteiger partial charge in [0.15, 0.2) is 0 Å². The van der Waals surface area contributed by atoms with E-state index in [9.17, 15) is 0 Å². The van der Waals surface area contributed by atoms with Crippen LogP contribution in [-0.2, 0) is 6.42 Å². The van der Waals surface area contributed by atoms with E-state index in [2.05, 4.69) is 36.2 Å². The predicted octanol–water partition coefficient (Wildman–Crippen LogP) is 2.10. The van der Waals surface area contributed by atoms with Gasteiger partial charge < -0.3 is 5.32 Å². The van der Waals surface area contributed by atoms with Gasteiger partial charge in [-0.2, -0.15) is 0 Å². The summed E-state index contributed by atoms with van der Waals surface area (Å²) in [6, 6.07) is 8.70. The average Bonchev–Trinajstić information content (AvgIpc) is 2.13. The van der Waals surface area contributed by atoms with Crippen LogP contribution in [0.2, 0.25) is 0 Å². The van der Waals surface area contributed by atoms with Gasteiger partial charge in [-0.05, 0) is 17.5 Å². The molecule has 1 atom stereocenters. The molecule has 13 heavy (non-hydrogen) atoms. The van der Waals surface area contributed by atoms with Crippen molar-refractivity contribution < 1.29 is 0 Å². The highest BCUT2D eigenvalue weighted by molar-refractivity contribution is 5.40. The Morgan fingerprint density at radius 2 is 2.31 bits per heavy atom. The van der Waals surface area contributed by atoms with Crippen LogP contribution in [0.15, 0.2) is 36.9 Å². The van der Waals surface area contributed by atoms with Crippen LogP contribution in [0.3, 0.4) is 0 Å². The number of nitrogens with one attached hydrogen (secondary N) is 1. The van der Waals surface area contributed by atoms with Gasteiger partial charge in [-0.25, -0.2) is 0 Å². The molecular formula is C12H15N. The summed E-state index contributed by atoms with van der Waals surface area (Å²) in [6.07, 6.45) is 3.14. The van der Waals surface area contributed by atoms with Crippen molar-refractivity contribution in [1.82, 2.24) is 5.32 Å². The van der Waals surface area contributed by atoms with Gasteiger partial charge >= 0.3 is 0 Å². The topological polar surface area (TPSA) is 12.0 Å². The molecule has 68 valence electrons. The third-order valence-electron chi connectivity index (χ3n) is 2.64. The standard InChI is InChI=1S/C12H15N/c1-2-7-13-9-11-8-10-5-3-4-6-12(10)11/h2-6,11,13H,1,7-9H2. The normalized spacial score (nSPS) is 18.9. The molecular weight excluding hydrogens is 158 g/mol. The van der Waals surface area contributed by atoms with Gasteiger partial charge in [-0.15, -0.1) is 6.58 Å². The second-order valence-electron chi connectivity index (χ2n) is 3.55. The lowest BCUT2D eigenvalue weighted by molar-refractivity contribution is 0.555. The first kappa shape index (κ1) is 8.52. The molecule has 0 aliphatic heterocycles. The van der Waals surface area contributed by atoms with Crippen LogP contribution in [0.4, 0.5) is 0 Å². The molecule has 1 aromatic carbocycles. The summed E-state index contributed by atoms with van der Waals surface area (Å²) in [6.45, 7) is 5.68. The van der Waals surface area contributed by atoms with Gasteiger partial charge in [-0.1, -0.05) is 30.3 Å². The second-order valence-corrected chi connectivity index (χ2v) is 3.55. The van der Waals surface area contributed by atoms with Crippen molar-refractivity contribution in [2.45, 2.75) is 12.3 Å². The van der Waals surface area contributed by atoms with Crippen molar-refractivity contribution in [3.63, 3.8) is 0 Å². The summed E-state index contributed by atoms with van der Waals surface area (Å²) in [5.41, 5.74) is 3.05. The van der Waals surface area contributed by atoms with Crippen molar-refractivity contribution in [2.75, 3.05) is 13.1 Å². The van der Waals surface area contributed by atoms with Gasteiger partial charge in [0.2, 0.25) is 0 Å². The van der Waals surface area contributed by atoms with Crippen LogP contribution in [-0.4, -0.2) is 13.1 Å². The Balaban J connectivity index is 1.90. The fourth-order valence-electron chi connectivity index (χ4n) is 1.90. The first-order valence-corrected chi connectivity index (χ1v) is 4.81. The molecule has 0 saturated carbocycles. The third-order valence-corrected chi connectivity index (χ3v) is 2.64. The lowest BCUT2D eigenvalue weighted by Gasteiger charge is -2.30. The molecule has 0 amide bonds. The Bertz CT molecular complexity index is 304. The maximum absolute atomic E-state index is 3.68. The monoisotopic (exact) mass is 173 g/mol. The summed E-state index contributed by atoms with van der Waals surface area (Å²) in [4.78, 5) is 0. The molecule has 0 radical (unpaired) electrons. The summed E-state index contributed by atoms with van der Waals surface area (Å²) < 4.78 is 0. The van der Waals surface area contributed by atoms with Crippen LogP contribution in [0.1, 0.15) is 17.0 Å². The lowest BCUT2D eigenvalue weighted by atomic mass is 9.78. The van der Waals surface area contributed by atoms with Crippen LogP contribution < -0.4 is 5.32 Å². The zero-order chi connectivity index (χ0) is 9.10. The van der Waals surface area contributed by atoms with Crippen molar-refractivity contribution in [1.29, 1.82) is 0 Å². The first-order valence-electron chi connectivity index (χ1n) is 4.81. The predicted molar refractivity (Wildman–Crippen MR) is 56.0 cm³/mol. The molecule has 0 fully saturated rings. The Hall–Kier alpha value is -1.08. The maximum Gasteiger partial charge on any atom is 0.0132 e. The summed E-state index contributed by atoms with van der Waals surface area (Å²) in [5, 5.41) is 3.36. The Kier molecular flexibility index (Phi) is 2.46. The average molecular weight is 173 g/mol. The third kappa shape index (κ3) is 1.65. The molecule has 1 aliphatic carbocycles. The molecule has 0 bridgehead atoms. The number of fused-ring (bicyclic) bond motifs is 1. The first-order chi connectivity index (χ1) is 6.42. The van der Waals surface area contributed by atoms with E-state index >= 15 is 0 Å². The molecule has 1 nitrogen and oxygen atoms in total. The molecule has 2 rings (SSSR count). The SMILES string of the molecule is C=CCNCC1Cc2ccccc21. The van der Waals surface area contributed by atoms with Crippen LogP contribution in [0.25, 0.3) is 0 Å². The molecule has 0 spiro atoms. The van der Waals surface area contributed by atoms with E-state index < -0.39 is 0 Å². The quantitative estimate of drug-likeness (QED) is 0.543. The molecule has 1 unspecified atom stereocenters. The molecule has 1 heteroatoms. The molecule has 1 aliphatic rings. The van der Waals surface area contributed by atoms with E-state index in [1.165, 1.54) is 17.5 Å². The Labute approximate surface area is 79.5 Å². The van der Waals surface area contributed by atoms with Gasteiger partial charge in [0.25, 0.3) is 0 Å². The van der Waals surface area contributed by atoms with Gasteiger partial charge in [-0.3, -0.25) is 0 Å². The second kappa shape index (κ2) is 3.75. The molecule has 1 aromatic rings. The zero-order valence-corrected chi connectivity index (χ0v) is 7.79. The zero-order valence-electron chi connectivity index (χ0n) is 7.79. The van der Waals surface area contributed by atoms with E-state index in [-0.39, 0.29) is 0 Å². The summed E-state index contributed by atoms with van der Waals surface area (Å²) >= 11 is 0. The van der Waals surface area contributed by atoms with E-state index in [1.807, 2.05) is 6.08 Å². The van der Waals surface area contributed by atoms with E-state index in [1.54, 1.807) is 0 Å². The van der Waals surface area contributed by atoms with Crippen LogP contribution >= 0.6 is 0 Å². The highest BCUT2D eigenvalue weighted by Crippen LogP contribution is 2.33. The van der Waals surface area contributed by atoms with Gasteiger partial charge in [0, 0.05) is 19.0 Å². The van der Waals surface area contributed by atoms with E-state index in [0.717, 1.165) is 19.0 Å². The minimum atomic E-state index is 0.733. The Morgan fingerprint density at radius 1 is 1.46 bits per heavy atom. The smallest absolute Gasteiger partial charge is 0.0132 e. The van der Waals surface area contributed by atoms with Crippen LogP contribution in [0.5, 0.6) is 0 Å². The largest absolute Gasteiger partial charge is 0.313 e. The van der Waals surface area contributed by atoms with Crippen molar-refractivity contribution >= 4 is 0 Å². The van der Waals surface area contributed by atoms with Crippen molar-refractivity contribution in [3.8, 4) is 0 Å². The minimum absolute atomic E-state index is 0.733. The van der Waals surface area contributed by atoms with Crippen molar-refractivity contribution in [3.05, 3.63) is 48.0 Å². The minimum Gasteiger partial charge on any atom is -0.313 e. The van der Waals surface area contributed by atoms with Crippen LogP contribution in [0, 0.1) is 0 Å². The number of rotatable bonds is 4. The fourth-order valence-corrected chi connectivity index (χ4v) is 1.90. The van der Waals surface area contributed by atoms with E-state index in [4.69, 9.17) is 0 Å². The van der Waals surface area contributed by atoms with Gasteiger partial charge in [0.1, 0.15) is 0 Å². The van der Waals surface area contributed by atoms with Crippen molar-refractivity contribution in [2.24, 2.45) is 0 Å². The molecule has 1 N–H and O–H groups in total. The highest BCUT2D eigenvalue weighted by atomic mass is 14.9. The molecule has 0 saturated heterocycles. The van der Waals surface area contributed by atoms with E-state index in [0.29, 0.717) is 0 Å². The van der Waals surface area contributed by atoms with Gasteiger partial charge in [0.05, 0.1) is 0 Å². The fraction of sp³-hybridized carbons (Fsp3) is 0.333. The number of hydrogen-bond acceptors (Lipinski definition) is 1. The summed E-state index contributed by atoms with van der Waals surface area (Å²) in [7, 11) is 0. The summed E-state index contributed by atoms with van der Waals surface area (Å²) in [5.74, 6) is 0.733. The highest BCUT2D eigenvalue weighted by Gasteiger charge is 2.24. The number of hydrogen-bond donors (Lipinski definition) is 1. The lowest BCUT2D eigenvalue weighted by Crippen LogP contribution is -2.29.